The average Bonchev–Trinajstić information content (AvgIpc) is 3.15. The summed E-state index contributed by atoms with van der Waals surface area (Å²) in [5, 5.41) is 10.5. The van der Waals surface area contributed by atoms with E-state index in [0.717, 1.165) is 5.56 Å². The van der Waals surface area contributed by atoms with Crippen molar-refractivity contribution in [3.05, 3.63) is 60.2 Å². The van der Waals surface area contributed by atoms with E-state index < -0.39 is 6.04 Å². The van der Waals surface area contributed by atoms with Crippen molar-refractivity contribution in [3.63, 3.8) is 0 Å². The second kappa shape index (κ2) is 8.36. The molecule has 8 nitrogen and oxygen atoms in total. The Hall–Kier alpha value is -3.33. The van der Waals surface area contributed by atoms with Crippen LogP contribution in [0.3, 0.4) is 0 Å². The Morgan fingerprint density at radius 2 is 2.00 bits per heavy atom. The summed E-state index contributed by atoms with van der Waals surface area (Å²) < 4.78 is 6.60. The summed E-state index contributed by atoms with van der Waals surface area (Å²) in [6.07, 6.45) is 0.00113. The van der Waals surface area contributed by atoms with E-state index in [0.29, 0.717) is 22.3 Å². The molecule has 1 aliphatic rings. The SMILES string of the molecule is COc1ccc(NC(=O)[C@@H]2CC(=O)Nc3nc(SCc4ccccc4)nn32)cc1. The Morgan fingerprint density at radius 1 is 1.24 bits per heavy atom. The Morgan fingerprint density at radius 3 is 2.72 bits per heavy atom. The number of carbonyl (C=O) groups is 2. The molecule has 1 aliphatic heterocycles. The highest BCUT2D eigenvalue weighted by molar-refractivity contribution is 7.98. The first-order valence-electron chi connectivity index (χ1n) is 9.00. The van der Waals surface area contributed by atoms with Gasteiger partial charge < -0.3 is 10.1 Å². The van der Waals surface area contributed by atoms with Gasteiger partial charge in [-0.1, -0.05) is 42.1 Å². The van der Waals surface area contributed by atoms with Crippen LogP contribution in [0.1, 0.15) is 18.0 Å². The number of fused-ring (bicyclic) bond motifs is 1. The van der Waals surface area contributed by atoms with Crippen molar-refractivity contribution in [1.82, 2.24) is 14.8 Å². The fourth-order valence-electron chi connectivity index (χ4n) is 2.93. The van der Waals surface area contributed by atoms with E-state index in [-0.39, 0.29) is 24.2 Å². The molecule has 1 atom stereocenters. The molecule has 0 spiro atoms. The molecule has 3 aromatic rings. The minimum atomic E-state index is -0.764. The van der Waals surface area contributed by atoms with Gasteiger partial charge in [0, 0.05) is 11.4 Å². The van der Waals surface area contributed by atoms with Crippen LogP contribution >= 0.6 is 11.8 Å². The van der Waals surface area contributed by atoms with E-state index in [9.17, 15) is 9.59 Å². The zero-order chi connectivity index (χ0) is 20.2. The molecule has 0 saturated carbocycles. The largest absolute Gasteiger partial charge is 0.497 e. The number of methoxy groups -OCH3 is 1. The molecule has 0 saturated heterocycles. The Labute approximate surface area is 171 Å². The number of benzene rings is 2. The summed E-state index contributed by atoms with van der Waals surface area (Å²) in [5.74, 6) is 1.08. The van der Waals surface area contributed by atoms with Crippen molar-refractivity contribution < 1.29 is 14.3 Å². The van der Waals surface area contributed by atoms with Crippen LogP contribution in [0.15, 0.2) is 59.8 Å². The molecule has 2 N–H and O–H groups in total. The van der Waals surface area contributed by atoms with E-state index in [1.807, 2.05) is 30.3 Å². The lowest BCUT2D eigenvalue weighted by molar-refractivity contribution is -0.125. The molecule has 0 unspecified atom stereocenters. The maximum absolute atomic E-state index is 12.8. The number of nitrogens with one attached hydrogen (secondary N) is 2. The van der Waals surface area contributed by atoms with E-state index in [2.05, 4.69) is 20.7 Å². The zero-order valence-electron chi connectivity index (χ0n) is 15.7. The van der Waals surface area contributed by atoms with Crippen LogP contribution in [0.2, 0.25) is 0 Å². The van der Waals surface area contributed by atoms with Crippen molar-refractivity contribution in [1.29, 1.82) is 0 Å². The van der Waals surface area contributed by atoms with Crippen LogP contribution in [0, 0.1) is 0 Å². The van der Waals surface area contributed by atoms with Crippen LogP contribution in [0.4, 0.5) is 11.6 Å². The van der Waals surface area contributed by atoms with Gasteiger partial charge in [-0.3, -0.25) is 14.9 Å². The Kier molecular flexibility index (Phi) is 5.48. The van der Waals surface area contributed by atoms with Crippen molar-refractivity contribution in [2.75, 3.05) is 17.7 Å². The summed E-state index contributed by atoms with van der Waals surface area (Å²) in [6, 6.07) is 16.2. The number of amides is 2. The minimum absolute atomic E-state index is 0.00113. The standard InChI is InChI=1S/C20H19N5O3S/c1-28-15-9-7-14(8-10-15)21-18(27)16-11-17(26)22-19-23-20(24-25(16)19)29-12-13-5-3-2-4-6-13/h2-10,16H,11-12H2,1H3,(H,21,27)(H,22,23,24,26)/t16-/m0/s1. The topological polar surface area (TPSA) is 98.1 Å². The second-order valence-electron chi connectivity index (χ2n) is 6.42. The first kappa shape index (κ1) is 19.0. The van der Waals surface area contributed by atoms with Crippen LogP contribution in [0.25, 0.3) is 0 Å². The van der Waals surface area contributed by atoms with E-state index >= 15 is 0 Å². The Balaban J connectivity index is 1.49. The van der Waals surface area contributed by atoms with Gasteiger partial charge in [0.25, 0.3) is 0 Å². The summed E-state index contributed by atoms with van der Waals surface area (Å²) in [7, 11) is 1.58. The molecule has 1 aromatic heterocycles. The van der Waals surface area contributed by atoms with Gasteiger partial charge in [-0.15, -0.1) is 5.10 Å². The fourth-order valence-corrected chi connectivity index (χ4v) is 3.72. The molecular weight excluding hydrogens is 390 g/mol. The quantitative estimate of drug-likeness (QED) is 0.607. The maximum atomic E-state index is 12.8. The highest BCUT2D eigenvalue weighted by Crippen LogP contribution is 2.28. The van der Waals surface area contributed by atoms with Gasteiger partial charge in [0.15, 0.2) is 0 Å². The summed E-state index contributed by atoms with van der Waals surface area (Å²) in [4.78, 5) is 29.2. The second-order valence-corrected chi connectivity index (χ2v) is 7.37. The molecule has 29 heavy (non-hydrogen) atoms. The molecule has 2 amide bonds. The predicted octanol–water partition coefficient (Wildman–Crippen LogP) is 3.10. The molecule has 148 valence electrons. The van der Waals surface area contributed by atoms with Gasteiger partial charge in [-0.2, -0.15) is 4.98 Å². The smallest absolute Gasteiger partial charge is 0.249 e. The number of hydrogen-bond donors (Lipinski definition) is 2. The number of thioether (sulfide) groups is 1. The first-order chi connectivity index (χ1) is 14.1. The maximum Gasteiger partial charge on any atom is 0.249 e. The predicted molar refractivity (Wildman–Crippen MR) is 110 cm³/mol. The lowest BCUT2D eigenvalue weighted by Crippen LogP contribution is -2.36. The summed E-state index contributed by atoms with van der Waals surface area (Å²) in [5.41, 5.74) is 1.75. The van der Waals surface area contributed by atoms with Gasteiger partial charge in [0.2, 0.25) is 22.9 Å². The summed E-state index contributed by atoms with van der Waals surface area (Å²) in [6.45, 7) is 0. The molecule has 0 bridgehead atoms. The van der Waals surface area contributed by atoms with Crippen LogP contribution in [-0.4, -0.2) is 33.7 Å². The van der Waals surface area contributed by atoms with E-state index in [1.54, 1.807) is 31.4 Å². The van der Waals surface area contributed by atoms with Crippen LogP contribution < -0.4 is 15.4 Å². The number of nitrogens with zero attached hydrogens (tertiary/aromatic N) is 3. The number of anilines is 2. The number of ether oxygens (including phenoxy) is 1. The van der Waals surface area contributed by atoms with Gasteiger partial charge >= 0.3 is 0 Å². The van der Waals surface area contributed by atoms with Gasteiger partial charge in [0.05, 0.1) is 13.5 Å². The molecule has 0 radical (unpaired) electrons. The molecule has 2 heterocycles. The number of hydrogen-bond acceptors (Lipinski definition) is 6. The third-order valence-electron chi connectivity index (χ3n) is 4.41. The molecule has 2 aromatic carbocycles. The van der Waals surface area contributed by atoms with Gasteiger partial charge in [-0.25, -0.2) is 4.68 Å². The molecule has 4 rings (SSSR count). The lowest BCUT2D eigenvalue weighted by Gasteiger charge is -2.22. The van der Waals surface area contributed by atoms with Crippen molar-refractivity contribution >= 4 is 35.2 Å². The third-order valence-corrected chi connectivity index (χ3v) is 5.32. The molecule has 9 heteroatoms. The zero-order valence-corrected chi connectivity index (χ0v) is 16.5. The molecule has 0 fully saturated rings. The van der Waals surface area contributed by atoms with Crippen molar-refractivity contribution in [3.8, 4) is 5.75 Å². The fraction of sp³-hybridized carbons (Fsp3) is 0.200. The first-order valence-corrected chi connectivity index (χ1v) is 9.99. The Bertz CT molecular complexity index is 1020. The number of carbonyl (C=O) groups excluding carboxylic acids is 2. The molecular formula is C20H19N5O3S. The van der Waals surface area contributed by atoms with Gasteiger partial charge in [0.1, 0.15) is 11.8 Å². The minimum Gasteiger partial charge on any atom is -0.497 e. The van der Waals surface area contributed by atoms with Crippen LogP contribution in [-0.2, 0) is 15.3 Å². The monoisotopic (exact) mass is 409 g/mol. The van der Waals surface area contributed by atoms with Crippen LogP contribution in [0.5, 0.6) is 5.75 Å². The summed E-state index contributed by atoms with van der Waals surface area (Å²) >= 11 is 1.45. The third kappa shape index (κ3) is 4.40. The normalized spacial score (nSPS) is 15.3. The lowest BCUT2D eigenvalue weighted by atomic mass is 10.1. The number of aromatic nitrogens is 3. The van der Waals surface area contributed by atoms with E-state index in [4.69, 9.17) is 4.74 Å². The van der Waals surface area contributed by atoms with E-state index in [1.165, 1.54) is 16.4 Å². The van der Waals surface area contributed by atoms with Crippen molar-refractivity contribution in [2.45, 2.75) is 23.4 Å². The highest BCUT2D eigenvalue weighted by Gasteiger charge is 2.33. The average molecular weight is 409 g/mol. The van der Waals surface area contributed by atoms with Gasteiger partial charge in [-0.05, 0) is 29.8 Å². The highest BCUT2D eigenvalue weighted by atomic mass is 32.2. The van der Waals surface area contributed by atoms with Crippen molar-refractivity contribution in [2.24, 2.45) is 0 Å². The molecule has 0 aliphatic carbocycles. The number of rotatable bonds is 6.